The van der Waals surface area contributed by atoms with Gasteiger partial charge in [-0.25, -0.2) is 4.79 Å². The van der Waals surface area contributed by atoms with Gasteiger partial charge in [-0.3, -0.25) is 48.3 Å². The van der Waals surface area contributed by atoms with E-state index in [4.69, 9.17) is 28.7 Å². The van der Waals surface area contributed by atoms with Gasteiger partial charge in [-0.1, -0.05) is 12.1 Å². The number of aliphatic hydroxyl groups is 2. The van der Waals surface area contributed by atoms with E-state index in [-0.39, 0.29) is 96.0 Å². The summed E-state index contributed by atoms with van der Waals surface area (Å²) in [6.45, 7) is -1.06. The summed E-state index contributed by atoms with van der Waals surface area (Å²) in [5, 5.41) is 47.1. The van der Waals surface area contributed by atoms with Gasteiger partial charge in [-0.2, -0.15) is 0 Å². The van der Waals surface area contributed by atoms with Crippen molar-refractivity contribution in [3.05, 3.63) is 44.8 Å². The van der Waals surface area contributed by atoms with E-state index in [9.17, 15) is 58.5 Å². The number of carboxylic acid groups (broad SMARTS) is 1. The summed E-state index contributed by atoms with van der Waals surface area (Å²) in [6, 6.07) is -2.81. The van der Waals surface area contributed by atoms with E-state index in [0.717, 1.165) is 0 Å². The van der Waals surface area contributed by atoms with Gasteiger partial charge < -0.3 is 85.3 Å². The molecule has 5 heterocycles. The lowest BCUT2D eigenvalue weighted by Crippen LogP contribution is -2.60. The molecule has 412 valence electrons. The zero-order valence-corrected chi connectivity index (χ0v) is 43.0. The normalized spacial score (nSPS) is 20.2. The van der Waals surface area contributed by atoms with Crippen LogP contribution in [0, 0.1) is 0 Å². The molecular weight excluding hydrogens is 1020 g/mol. The number of likely N-dealkylation sites (tertiary alicyclic amines) is 3. The first kappa shape index (κ1) is 58.9. The smallest absolute Gasteiger partial charge is 0.326 e. The molecule has 0 bridgehead atoms. The highest BCUT2D eigenvalue weighted by atomic mass is 32.1. The van der Waals surface area contributed by atoms with Crippen molar-refractivity contribution < 1.29 is 58.5 Å². The van der Waals surface area contributed by atoms with Crippen LogP contribution in [-0.4, -0.2) is 195 Å². The number of carbonyl (C=O) groups is 9. The Morgan fingerprint density at radius 3 is 1.77 bits per heavy atom. The fourth-order valence-corrected chi connectivity index (χ4v) is 10.6. The second-order valence-electron chi connectivity index (χ2n) is 18.4. The molecule has 3 aliphatic heterocycles. The van der Waals surface area contributed by atoms with Gasteiger partial charge in [-0.15, -0.1) is 22.7 Å². The molecule has 3 aliphatic rings. The molecule has 9 atom stereocenters. The number of aliphatic imine (C=N–C) groups is 2. The molecule has 2 aromatic heterocycles. The van der Waals surface area contributed by atoms with Gasteiger partial charge in [0.2, 0.25) is 47.3 Å². The van der Waals surface area contributed by atoms with Crippen molar-refractivity contribution in [1.29, 1.82) is 0 Å². The van der Waals surface area contributed by atoms with Crippen LogP contribution < -0.4 is 55.3 Å². The molecule has 0 radical (unpaired) electrons. The summed E-state index contributed by atoms with van der Waals surface area (Å²) in [7, 11) is 0. The summed E-state index contributed by atoms with van der Waals surface area (Å²) < 4.78 is 0. The summed E-state index contributed by atoms with van der Waals surface area (Å²) in [4.78, 5) is 135. The first-order valence-electron chi connectivity index (χ1n) is 24.6. The molecule has 0 aliphatic carbocycles. The Bertz CT molecular complexity index is 2370. The molecule has 0 saturated carbocycles. The molecule has 75 heavy (non-hydrogen) atoms. The van der Waals surface area contributed by atoms with Gasteiger partial charge in [0.05, 0.1) is 25.3 Å². The number of nitrogens with zero attached hydrogens (tertiary/aromatic N) is 5. The van der Waals surface area contributed by atoms with E-state index in [1.807, 2.05) is 0 Å². The number of carbonyl (C=O) groups excluding carboxylic acids is 8. The van der Waals surface area contributed by atoms with Crippen LogP contribution >= 0.6 is 22.7 Å². The second kappa shape index (κ2) is 28.6. The molecule has 29 heteroatoms. The zero-order chi connectivity index (χ0) is 54.8. The Kier molecular flexibility index (Phi) is 22.5. The molecule has 8 amide bonds. The third-order valence-corrected chi connectivity index (χ3v) is 14.6. The minimum absolute atomic E-state index is 0.00117. The molecule has 3 fully saturated rings. The molecule has 3 saturated heterocycles. The number of nitrogens with two attached hydrogens (primary N) is 5. The van der Waals surface area contributed by atoms with Gasteiger partial charge in [-0.05, 0) is 74.3 Å². The van der Waals surface area contributed by atoms with Crippen molar-refractivity contribution in [1.82, 2.24) is 41.3 Å². The molecule has 0 spiro atoms. The Labute approximate surface area is 440 Å². The number of hydrogen-bond donors (Lipinski definition) is 13. The summed E-state index contributed by atoms with van der Waals surface area (Å²) in [5.41, 5.74) is 27.6. The number of β-amino-alcohol motifs (C(OH)–C–C–N with tert-alkyl or cyclic N) is 1. The molecule has 27 nitrogen and oxygen atoms in total. The van der Waals surface area contributed by atoms with Crippen LogP contribution in [-0.2, 0) is 56.0 Å². The minimum Gasteiger partial charge on any atom is -0.480 e. The third kappa shape index (κ3) is 17.3. The van der Waals surface area contributed by atoms with E-state index in [0.29, 0.717) is 29.0 Å². The number of hydrogen-bond acceptors (Lipinski definition) is 16. The SMILES string of the molecule is NC(N)=NCCC[C@@H](N)C(=O)N1C[C@H](O)C[C@H]1C(=O)N1CCC[C@H]1C(=O)NCC(=O)N[C@@H](Cc1cccs1)C(=O)N[C@@H](CO)C(=O)N1CCC[C@H]1C(=O)N[C@@H](Cc1cccs1)C(=O)N[C@@H](CCCN=C(N)N)C(=O)O. The highest BCUT2D eigenvalue weighted by Crippen LogP contribution is 2.27. The largest absolute Gasteiger partial charge is 0.480 e. The molecule has 0 aromatic carbocycles. The van der Waals surface area contributed by atoms with E-state index in [1.54, 1.807) is 35.0 Å². The van der Waals surface area contributed by atoms with Crippen molar-refractivity contribution in [2.45, 2.75) is 125 Å². The van der Waals surface area contributed by atoms with E-state index in [1.165, 1.54) is 37.4 Å². The van der Waals surface area contributed by atoms with Crippen molar-refractivity contribution in [3.8, 4) is 0 Å². The number of aliphatic hydroxyl groups excluding tert-OH is 2. The number of aliphatic carboxylic acids is 1. The van der Waals surface area contributed by atoms with Gasteiger partial charge in [0.1, 0.15) is 42.3 Å². The van der Waals surface area contributed by atoms with Crippen molar-refractivity contribution >= 4 is 87.8 Å². The molecule has 18 N–H and O–H groups in total. The predicted molar refractivity (Wildman–Crippen MR) is 275 cm³/mol. The highest BCUT2D eigenvalue weighted by molar-refractivity contribution is 7.10. The standard InChI is InChI=1S/C46H69N15O12S2/c47-28(9-1-13-52-45(48)49)41(69)61-23-25(63)19-35(61)43(71)60-16-3-11-33(60)39(67)54-22-36(64)55-30(20-26-7-5-17-74-26)37(65)58-32(24-62)42(70)59-15-4-12-34(59)40(68)57-31(21-27-8-6-18-75-27)38(66)56-29(44(72)73)10-2-14-53-46(50)51/h5-8,17-18,25,28-35,62-63H,1-4,9-16,19-24,47H2,(H,54,67)(H,55,64)(H,56,66)(H,57,68)(H,58,65)(H,72,73)(H4,48,49,52)(H4,50,51,53)/t25-,28-,29+,30+,31+,32+,33+,34+,35+/m1/s1. The lowest BCUT2D eigenvalue weighted by molar-refractivity contribution is -0.147. The van der Waals surface area contributed by atoms with Crippen molar-refractivity contribution in [3.63, 3.8) is 0 Å². The average Bonchev–Trinajstić information content (AvgIpc) is 4.24. The maximum Gasteiger partial charge on any atom is 0.326 e. The fraction of sp³-hybridized carbons (Fsp3) is 0.587. The van der Waals surface area contributed by atoms with Crippen LogP contribution in [0.15, 0.2) is 45.0 Å². The Hall–Kier alpha value is -6.95. The number of nitrogens with one attached hydrogen (secondary N) is 5. The van der Waals surface area contributed by atoms with E-state index in [2.05, 4.69) is 36.6 Å². The lowest BCUT2D eigenvalue weighted by atomic mass is 10.1. The maximum atomic E-state index is 14.1. The van der Waals surface area contributed by atoms with Crippen LogP contribution in [0.5, 0.6) is 0 Å². The number of amides is 8. The quantitative estimate of drug-likeness (QED) is 0.0227. The zero-order valence-electron chi connectivity index (χ0n) is 41.3. The van der Waals surface area contributed by atoms with Crippen molar-refractivity contribution in [2.24, 2.45) is 38.7 Å². The molecule has 5 rings (SSSR count). The maximum absolute atomic E-state index is 14.1. The van der Waals surface area contributed by atoms with E-state index < -0.39 is 121 Å². The van der Waals surface area contributed by atoms with Crippen LogP contribution in [0.4, 0.5) is 0 Å². The molecule has 2 aromatic rings. The van der Waals surface area contributed by atoms with Gasteiger partial charge in [0.15, 0.2) is 11.9 Å². The number of carboxylic acids is 1. The van der Waals surface area contributed by atoms with Crippen LogP contribution in [0.1, 0.15) is 67.5 Å². The van der Waals surface area contributed by atoms with Gasteiger partial charge in [0.25, 0.3) is 0 Å². The number of rotatable bonds is 27. The summed E-state index contributed by atoms with van der Waals surface area (Å²) in [6.07, 6.45) is 0.887. The van der Waals surface area contributed by atoms with E-state index >= 15 is 0 Å². The topological polar surface area (TPSA) is 439 Å². The minimum atomic E-state index is -1.58. The van der Waals surface area contributed by atoms with Gasteiger partial charge in [0, 0.05) is 61.7 Å². The monoisotopic (exact) mass is 1090 g/mol. The average molecular weight is 1090 g/mol. The Morgan fingerprint density at radius 2 is 1.23 bits per heavy atom. The second-order valence-corrected chi connectivity index (χ2v) is 20.5. The lowest BCUT2D eigenvalue weighted by Gasteiger charge is -2.32. The first-order chi connectivity index (χ1) is 35.8. The Morgan fingerprint density at radius 1 is 0.680 bits per heavy atom. The molecular formula is C46H69N15O12S2. The molecule has 0 unspecified atom stereocenters. The van der Waals surface area contributed by atoms with Crippen LogP contribution in [0.2, 0.25) is 0 Å². The number of thiophene rings is 2. The summed E-state index contributed by atoms with van der Waals surface area (Å²) >= 11 is 2.60. The highest BCUT2D eigenvalue weighted by Gasteiger charge is 2.46. The summed E-state index contributed by atoms with van der Waals surface area (Å²) in [5.74, 6) is -7.36. The predicted octanol–water partition coefficient (Wildman–Crippen LogP) is -4.89. The van der Waals surface area contributed by atoms with Crippen molar-refractivity contribution in [2.75, 3.05) is 45.9 Å². The number of guanidine groups is 2. The van der Waals surface area contributed by atoms with Gasteiger partial charge >= 0.3 is 5.97 Å². The van der Waals surface area contributed by atoms with Crippen LogP contribution in [0.25, 0.3) is 0 Å². The fourth-order valence-electron chi connectivity index (χ4n) is 9.11. The third-order valence-electron chi connectivity index (χ3n) is 12.8. The Balaban J connectivity index is 1.19. The van der Waals surface area contributed by atoms with Crippen LogP contribution in [0.3, 0.4) is 0 Å². The first-order valence-corrected chi connectivity index (χ1v) is 26.4.